The molecule has 198 valence electrons. The minimum Gasteiger partial charge on any atom is -0.493 e. The zero-order valence-electron chi connectivity index (χ0n) is 21.4. The lowest BCUT2D eigenvalue weighted by Crippen LogP contribution is -2.61. The summed E-state index contributed by atoms with van der Waals surface area (Å²) in [7, 11) is 0. The molecule has 2 aromatic carbocycles. The summed E-state index contributed by atoms with van der Waals surface area (Å²) >= 11 is 0. The summed E-state index contributed by atoms with van der Waals surface area (Å²) in [6.45, 7) is 8.46. The van der Waals surface area contributed by atoms with Crippen molar-refractivity contribution in [3.8, 4) is 22.6 Å². The number of nitrogens with zero attached hydrogens (tertiary/aromatic N) is 3. The van der Waals surface area contributed by atoms with Crippen LogP contribution in [0.5, 0.6) is 11.5 Å². The number of oxime groups is 1. The Labute approximate surface area is 216 Å². The van der Waals surface area contributed by atoms with Crippen LogP contribution in [0.2, 0.25) is 0 Å². The van der Waals surface area contributed by atoms with E-state index in [2.05, 4.69) is 15.0 Å². The van der Waals surface area contributed by atoms with Gasteiger partial charge in [0.1, 0.15) is 23.2 Å². The number of carbonyl (C=O) groups is 1. The highest BCUT2D eigenvalue weighted by Crippen LogP contribution is 2.42. The number of carboxylic acids is 1. The number of aliphatic carboxylic acids is 1. The van der Waals surface area contributed by atoms with E-state index in [1.165, 1.54) is 12.1 Å². The molecule has 0 unspecified atom stereocenters. The molecule has 3 aliphatic heterocycles. The molecule has 5 rings (SSSR count). The largest absolute Gasteiger partial charge is 0.493 e. The molecule has 1 N–H and O–H groups in total. The summed E-state index contributed by atoms with van der Waals surface area (Å²) in [5, 5.41) is 13.6. The first-order valence-electron chi connectivity index (χ1n) is 13.0. The van der Waals surface area contributed by atoms with Crippen molar-refractivity contribution in [1.29, 1.82) is 0 Å². The Bertz CT molecular complexity index is 1150. The summed E-state index contributed by atoms with van der Waals surface area (Å²) in [5.41, 5.74) is 2.22. The van der Waals surface area contributed by atoms with Gasteiger partial charge in [0.2, 0.25) is 0 Å². The summed E-state index contributed by atoms with van der Waals surface area (Å²) in [5.74, 6) is 1.01. The number of hydrogen-bond donors (Lipinski definition) is 1. The highest BCUT2D eigenvalue weighted by atomic mass is 19.1. The molecule has 0 aliphatic carbocycles. The second kappa shape index (κ2) is 10.6. The third-order valence-electron chi connectivity index (χ3n) is 7.30. The summed E-state index contributed by atoms with van der Waals surface area (Å²) in [4.78, 5) is 21.6. The molecule has 2 saturated heterocycles. The highest BCUT2D eigenvalue weighted by Gasteiger charge is 2.50. The van der Waals surface area contributed by atoms with Crippen molar-refractivity contribution in [2.45, 2.75) is 45.3 Å². The molecule has 0 atom stereocenters. The van der Waals surface area contributed by atoms with Crippen molar-refractivity contribution >= 4 is 11.8 Å². The monoisotopic (exact) mass is 511 g/mol. The van der Waals surface area contributed by atoms with Crippen LogP contribution >= 0.6 is 0 Å². The van der Waals surface area contributed by atoms with Gasteiger partial charge in [-0.05, 0) is 62.1 Å². The molecule has 2 fully saturated rings. The number of hydrogen-bond acceptors (Lipinski definition) is 7. The molecule has 0 saturated carbocycles. The van der Waals surface area contributed by atoms with Gasteiger partial charge < -0.3 is 24.3 Å². The number of piperidine rings is 1. The number of halogens is 1. The molecule has 37 heavy (non-hydrogen) atoms. The Kier molecular flexibility index (Phi) is 7.24. The maximum absolute atomic E-state index is 14.0. The van der Waals surface area contributed by atoms with Crippen LogP contribution < -0.4 is 9.47 Å². The van der Waals surface area contributed by atoms with Crippen molar-refractivity contribution in [1.82, 2.24) is 9.80 Å². The Morgan fingerprint density at radius 3 is 2.41 bits per heavy atom. The van der Waals surface area contributed by atoms with Crippen molar-refractivity contribution < 1.29 is 28.6 Å². The molecule has 0 amide bonds. The first-order valence-corrected chi connectivity index (χ1v) is 13.0. The van der Waals surface area contributed by atoms with Crippen molar-refractivity contribution in [3.05, 3.63) is 47.8 Å². The van der Waals surface area contributed by atoms with E-state index >= 15 is 0 Å². The molecule has 3 heterocycles. The smallest absolute Gasteiger partial charge is 0.306 e. The van der Waals surface area contributed by atoms with Gasteiger partial charge in [-0.15, -0.1) is 0 Å². The van der Waals surface area contributed by atoms with Crippen molar-refractivity contribution in [2.75, 3.05) is 39.4 Å². The summed E-state index contributed by atoms with van der Waals surface area (Å²) in [6, 6.07) is 10.5. The number of rotatable bonds is 8. The standard InChI is InChI=1S/C28H34FN3O5/c1-3-35-23-12-19(13-24(36-4-2)26(23)21-6-5-7-22(29)14-21)16-31-17-28(18-31)15-25(30-37-28)32-10-8-20(9-11-32)27(33)34/h5-7,12-14,20H,3-4,8-11,15-18H2,1-2H3,(H,33,34). The summed E-state index contributed by atoms with van der Waals surface area (Å²) in [6.07, 6.45) is 2.03. The van der Waals surface area contributed by atoms with E-state index in [0.717, 1.165) is 42.0 Å². The van der Waals surface area contributed by atoms with Crippen LogP contribution in [0.4, 0.5) is 4.39 Å². The average molecular weight is 512 g/mol. The fourth-order valence-corrected chi connectivity index (χ4v) is 5.57. The lowest BCUT2D eigenvalue weighted by Gasteiger charge is -2.45. The minimum atomic E-state index is -0.709. The Morgan fingerprint density at radius 1 is 1.14 bits per heavy atom. The predicted octanol–water partition coefficient (Wildman–Crippen LogP) is 4.37. The van der Waals surface area contributed by atoms with E-state index < -0.39 is 5.97 Å². The first-order chi connectivity index (χ1) is 17.9. The quantitative estimate of drug-likeness (QED) is 0.563. The van der Waals surface area contributed by atoms with E-state index in [1.807, 2.05) is 32.0 Å². The van der Waals surface area contributed by atoms with Gasteiger partial charge in [-0.25, -0.2) is 4.39 Å². The van der Waals surface area contributed by atoms with E-state index in [9.17, 15) is 14.3 Å². The fourth-order valence-electron chi connectivity index (χ4n) is 5.57. The number of amidine groups is 1. The van der Waals surface area contributed by atoms with Gasteiger partial charge in [0, 0.05) is 32.7 Å². The fraction of sp³-hybridized carbons (Fsp3) is 0.500. The molecule has 1 spiro atoms. The van der Waals surface area contributed by atoms with Crippen LogP contribution in [0.15, 0.2) is 41.6 Å². The van der Waals surface area contributed by atoms with Crippen LogP contribution in [0.3, 0.4) is 0 Å². The first kappa shape index (κ1) is 25.3. The summed E-state index contributed by atoms with van der Waals surface area (Å²) < 4.78 is 26.0. The van der Waals surface area contributed by atoms with Gasteiger partial charge in [0.25, 0.3) is 0 Å². The van der Waals surface area contributed by atoms with Crippen LogP contribution in [-0.2, 0) is 16.2 Å². The lowest BCUT2D eigenvalue weighted by molar-refractivity contribution is -0.143. The molecular formula is C28H34FN3O5. The third kappa shape index (κ3) is 5.37. The van der Waals surface area contributed by atoms with Gasteiger partial charge in [-0.2, -0.15) is 0 Å². The van der Waals surface area contributed by atoms with E-state index in [1.54, 1.807) is 6.07 Å². The van der Waals surface area contributed by atoms with Crippen LogP contribution in [0.25, 0.3) is 11.1 Å². The molecule has 3 aliphatic rings. The van der Waals surface area contributed by atoms with E-state index in [-0.39, 0.29) is 17.3 Å². The SMILES string of the molecule is CCOc1cc(CN2CC3(CC(N4CCC(C(=O)O)CC4)=NO3)C2)cc(OCC)c1-c1cccc(F)c1. The van der Waals surface area contributed by atoms with E-state index in [4.69, 9.17) is 14.3 Å². The zero-order chi connectivity index (χ0) is 26.0. The molecule has 0 bridgehead atoms. The third-order valence-corrected chi connectivity index (χ3v) is 7.30. The van der Waals surface area contributed by atoms with Gasteiger partial charge in [0.05, 0.1) is 31.1 Å². The number of carboxylic acid groups (broad SMARTS) is 1. The predicted molar refractivity (Wildman–Crippen MR) is 137 cm³/mol. The molecular weight excluding hydrogens is 477 g/mol. The molecule has 8 nitrogen and oxygen atoms in total. The van der Waals surface area contributed by atoms with Crippen molar-refractivity contribution in [2.24, 2.45) is 11.1 Å². The molecule has 0 radical (unpaired) electrons. The number of ether oxygens (including phenoxy) is 2. The Hall–Kier alpha value is -3.33. The molecule has 9 heteroatoms. The number of likely N-dealkylation sites (tertiary alicyclic amines) is 2. The second-order valence-electron chi connectivity index (χ2n) is 10.0. The number of benzene rings is 2. The maximum atomic E-state index is 14.0. The van der Waals surface area contributed by atoms with Gasteiger partial charge in [0.15, 0.2) is 5.60 Å². The highest BCUT2D eigenvalue weighted by molar-refractivity contribution is 5.84. The van der Waals surface area contributed by atoms with Crippen LogP contribution in [0, 0.1) is 11.7 Å². The van der Waals surface area contributed by atoms with Gasteiger partial charge in [-0.3, -0.25) is 9.69 Å². The maximum Gasteiger partial charge on any atom is 0.306 e. The zero-order valence-corrected chi connectivity index (χ0v) is 21.4. The molecule has 2 aromatic rings. The minimum absolute atomic E-state index is 0.261. The second-order valence-corrected chi connectivity index (χ2v) is 10.0. The average Bonchev–Trinajstić information content (AvgIpc) is 3.30. The van der Waals surface area contributed by atoms with E-state index in [0.29, 0.717) is 57.2 Å². The normalized spacial score (nSPS) is 19.3. The van der Waals surface area contributed by atoms with Crippen molar-refractivity contribution in [3.63, 3.8) is 0 Å². The molecule has 0 aromatic heterocycles. The van der Waals surface area contributed by atoms with Crippen LogP contribution in [-0.4, -0.2) is 71.7 Å². The van der Waals surface area contributed by atoms with Gasteiger partial charge >= 0.3 is 5.97 Å². The Morgan fingerprint density at radius 2 is 1.81 bits per heavy atom. The topological polar surface area (TPSA) is 83.8 Å². The van der Waals surface area contributed by atoms with Crippen LogP contribution in [0.1, 0.15) is 38.7 Å². The Balaban J connectivity index is 1.25. The van der Waals surface area contributed by atoms with Gasteiger partial charge in [-0.1, -0.05) is 17.3 Å². The lowest BCUT2D eigenvalue weighted by atomic mass is 9.88.